The van der Waals surface area contributed by atoms with E-state index in [0.717, 1.165) is 17.5 Å². The number of hydrazone groups is 1. The van der Waals surface area contributed by atoms with E-state index < -0.39 is 20.6 Å². The third kappa shape index (κ3) is 5.12. The van der Waals surface area contributed by atoms with E-state index in [9.17, 15) is 18.5 Å². The highest BCUT2D eigenvalue weighted by Gasteiger charge is 2.37. The van der Waals surface area contributed by atoms with Crippen LogP contribution in [0, 0.1) is 10.1 Å². The van der Waals surface area contributed by atoms with Crippen molar-refractivity contribution in [2.45, 2.75) is 24.2 Å². The molecule has 1 aliphatic heterocycles. The molecule has 192 valence electrons. The van der Waals surface area contributed by atoms with Crippen LogP contribution in [-0.2, 0) is 15.4 Å². The minimum Gasteiger partial charge on any atom is -0.497 e. The molecule has 1 aliphatic rings. The molecule has 0 bridgehead atoms. The summed E-state index contributed by atoms with van der Waals surface area (Å²) < 4.78 is 33.1. The first-order valence-electron chi connectivity index (χ1n) is 11.3. The maximum Gasteiger partial charge on any atom is 0.295 e. The summed E-state index contributed by atoms with van der Waals surface area (Å²) in [6.07, 6.45) is 3.37. The quantitative estimate of drug-likeness (QED) is 0.239. The smallest absolute Gasteiger partial charge is 0.295 e. The molecule has 0 amide bonds. The van der Waals surface area contributed by atoms with E-state index in [1.165, 1.54) is 43.2 Å². The number of nitrogens with one attached hydrogen (secondary N) is 2. The highest BCUT2D eigenvalue weighted by atomic mass is 32.2. The Bertz CT molecular complexity index is 1500. The first kappa shape index (κ1) is 25.7. The SMILES string of the molecule is COc1ccc(NS(=O)(=O)c2ccc(N/N=C/C=C3/N(C)c4ccccc4C3(C)C)c([N+](=O)[O-])c2)cc1. The summed E-state index contributed by atoms with van der Waals surface area (Å²) in [5.41, 5.74) is 5.67. The van der Waals surface area contributed by atoms with Crippen LogP contribution in [0.4, 0.5) is 22.7 Å². The van der Waals surface area contributed by atoms with Crippen molar-refractivity contribution in [1.29, 1.82) is 0 Å². The third-order valence-corrected chi connectivity index (χ3v) is 7.63. The van der Waals surface area contributed by atoms with Crippen molar-refractivity contribution >= 4 is 39.0 Å². The molecule has 1 heterocycles. The minimum absolute atomic E-state index is 0.0605. The third-order valence-electron chi connectivity index (χ3n) is 6.25. The van der Waals surface area contributed by atoms with Gasteiger partial charge in [0, 0.05) is 41.8 Å². The van der Waals surface area contributed by atoms with Gasteiger partial charge in [0.2, 0.25) is 0 Å². The second-order valence-electron chi connectivity index (χ2n) is 8.91. The zero-order valence-electron chi connectivity index (χ0n) is 20.8. The molecule has 0 spiro atoms. The van der Waals surface area contributed by atoms with Crippen LogP contribution in [0.3, 0.4) is 0 Å². The largest absolute Gasteiger partial charge is 0.497 e. The first-order valence-corrected chi connectivity index (χ1v) is 12.8. The van der Waals surface area contributed by atoms with Crippen LogP contribution in [0.15, 0.2) is 88.5 Å². The fourth-order valence-electron chi connectivity index (χ4n) is 4.31. The standard InChI is InChI=1S/C26H27N5O5S/c1-26(2)21-7-5-6-8-23(21)30(3)25(26)15-16-27-28-22-14-13-20(17-24(22)31(32)33)37(34,35)29-18-9-11-19(36-4)12-10-18/h5-17,28-29H,1-4H3/b25-15+,27-16+. The molecule has 0 radical (unpaired) electrons. The van der Waals surface area contributed by atoms with Gasteiger partial charge in [-0.3, -0.25) is 20.3 Å². The van der Waals surface area contributed by atoms with Crippen LogP contribution in [-0.4, -0.2) is 33.7 Å². The van der Waals surface area contributed by atoms with Crippen LogP contribution in [0.25, 0.3) is 0 Å². The maximum absolute atomic E-state index is 12.8. The van der Waals surface area contributed by atoms with Crippen LogP contribution in [0.1, 0.15) is 19.4 Å². The number of ether oxygens (including phenoxy) is 1. The first-order chi connectivity index (χ1) is 17.5. The zero-order valence-corrected chi connectivity index (χ0v) is 21.6. The van der Waals surface area contributed by atoms with Crippen molar-refractivity contribution in [3.05, 3.63) is 94.2 Å². The van der Waals surface area contributed by atoms with Gasteiger partial charge in [0.05, 0.1) is 16.9 Å². The summed E-state index contributed by atoms with van der Waals surface area (Å²) >= 11 is 0. The van der Waals surface area contributed by atoms with E-state index in [4.69, 9.17) is 4.74 Å². The highest BCUT2D eigenvalue weighted by Crippen LogP contribution is 2.46. The number of fused-ring (bicyclic) bond motifs is 1. The normalized spacial score (nSPS) is 15.6. The lowest BCUT2D eigenvalue weighted by Crippen LogP contribution is -2.23. The molecule has 2 N–H and O–H groups in total. The van der Waals surface area contributed by atoms with Gasteiger partial charge in [0.25, 0.3) is 15.7 Å². The molecule has 0 aromatic heterocycles. The van der Waals surface area contributed by atoms with Gasteiger partial charge in [0.1, 0.15) is 11.4 Å². The summed E-state index contributed by atoms with van der Waals surface area (Å²) in [6, 6.07) is 18.0. The number of hydrogen-bond acceptors (Lipinski definition) is 8. The number of likely N-dealkylation sites (N-methyl/N-ethyl adjacent to an activating group) is 1. The summed E-state index contributed by atoms with van der Waals surface area (Å²) in [4.78, 5) is 12.9. The van der Waals surface area contributed by atoms with Crippen molar-refractivity contribution < 1.29 is 18.1 Å². The Balaban J connectivity index is 1.53. The highest BCUT2D eigenvalue weighted by molar-refractivity contribution is 7.92. The molecule has 0 saturated heterocycles. The number of nitro groups is 1. The number of hydrogen-bond donors (Lipinski definition) is 2. The van der Waals surface area contributed by atoms with Crippen LogP contribution < -0.4 is 19.8 Å². The number of methoxy groups -OCH3 is 1. The van der Waals surface area contributed by atoms with Crippen molar-refractivity contribution in [3.8, 4) is 5.75 Å². The molecule has 0 fully saturated rings. The van der Waals surface area contributed by atoms with E-state index in [2.05, 4.69) is 46.1 Å². The number of para-hydroxylation sites is 1. The molecule has 37 heavy (non-hydrogen) atoms. The Morgan fingerprint density at radius 3 is 2.43 bits per heavy atom. The topological polar surface area (TPSA) is 126 Å². The number of allylic oxidation sites excluding steroid dienone is 2. The molecular formula is C26H27N5O5S. The predicted molar refractivity (Wildman–Crippen MR) is 145 cm³/mol. The number of anilines is 3. The molecular weight excluding hydrogens is 494 g/mol. The van der Waals surface area contributed by atoms with Crippen LogP contribution >= 0.6 is 0 Å². The van der Waals surface area contributed by atoms with Gasteiger partial charge < -0.3 is 9.64 Å². The molecule has 0 saturated carbocycles. The van der Waals surface area contributed by atoms with Crippen molar-refractivity contribution in [2.24, 2.45) is 5.10 Å². The number of nitro benzene ring substituents is 1. The molecule has 0 aliphatic carbocycles. The Labute approximate surface area is 215 Å². The summed E-state index contributed by atoms with van der Waals surface area (Å²) in [5.74, 6) is 0.567. The molecule has 3 aromatic rings. The van der Waals surface area contributed by atoms with Gasteiger partial charge in [-0.25, -0.2) is 8.42 Å². The van der Waals surface area contributed by atoms with Gasteiger partial charge in [-0.05, 0) is 54.1 Å². The fourth-order valence-corrected chi connectivity index (χ4v) is 5.39. The Morgan fingerprint density at radius 1 is 1.08 bits per heavy atom. The van der Waals surface area contributed by atoms with Crippen LogP contribution in [0.2, 0.25) is 0 Å². The van der Waals surface area contributed by atoms with E-state index in [0.29, 0.717) is 11.4 Å². The van der Waals surface area contributed by atoms with Gasteiger partial charge in [0.15, 0.2) is 0 Å². The lowest BCUT2D eigenvalue weighted by atomic mass is 9.84. The average Bonchev–Trinajstić information content (AvgIpc) is 3.07. The monoisotopic (exact) mass is 521 g/mol. The molecule has 11 heteroatoms. The van der Waals surface area contributed by atoms with Crippen molar-refractivity contribution in [1.82, 2.24) is 0 Å². The Hall–Kier alpha value is -4.38. The van der Waals surface area contributed by atoms with E-state index in [1.807, 2.05) is 25.3 Å². The number of rotatable bonds is 8. The maximum atomic E-state index is 12.8. The Kier molecular flexibility index (Phi) is 6.90. The summed E-state index contributed by atoms with van der Waals surface area (Å²) in [5, 5.41) is 15.8. The molecule has 4 rings (SSSR count). The summed E-state index contributed by atoms with van der Waals surface area (Å²) in [7, 11) is -0.585. The number of sulfonamides is 1. The molecule has 3 aromatic carbocycles. The number of nitrogens with zero attached hydrogens (tertiary/aromatic N) is 3. The molecule has 0 unspecified atom stereocenters. The lowest BCUT2D eigenvalue weighted by molar-refractivity contribution is -0.384. The van der Waals surface area contributed by atoms with Crippen molar-refractivity contribution in [3.63, 3.8) is 0 Å². The lowest BCUT2D eigenvalue weighted by Gasteiger charge is -2.23. The Morgan fingerprint density at radius 2 is 1.78 bits per heavy atom. The zero-order chi connectivity index (χ0) is 26.8. The molecule has 0 atom stereocenters. The van der Waals surface area contributed by atoms with E-state index in [-0.39, 0.29) is 16.0 Å². The van der Waals surface area contributed by atoms with Gasteiger partial charge in [-0.1, -0.05) is 32.0 Å². The van der Waals surface area contributed by atoms with Gasteiger partial charge in [-0.2, -0.15) is 5.10 Å². The fraction of sp³-hybridized carbons (Fsp3) is 0.192. The van der Waals surface area contributed by atoms with Gasteiger partial charge in [-0.15, -0.1) is 0 Å². The summed E-state index contributed by atoms with van der Waals surface area (Å²) in [6.45, 7) is 4.23. The second kappa shape index (κ2) is 9.94. The van der Waals surface area contributed by atoms with Crippen LogP contribution in [0.5, 0.6) is 5.75 Å². The number of benzene rings is 3. The average molecular weight is 522 g/mol. The minimum atomic E-state index is -4.06. The van der Waals surface area contributed by atoms with E-state index in [1.54, 1.807) is 12.1 Å². The van der Waals surface area contributed by atoms with Crippen molar-refractivity contribution in [2.75, 3.05) is 29.2 Å². The molecule has 10 nitrogen and oxygen atoms in total. The predicted octanol–water partition coefficient (Wildman–Crippen LogP) is 5.11. The van der Waals surface area contributed by atoms with E-state index >= 15 is 0 Å². The second-order valence-corrected chi connectivity index (χ2v) is 10.6. The van der Waals surface area contributed by atoms with Gasteiger partial charge >= 0.3 is 0 Å².